The molecule has 0 bridgehead atoms. The summed E-state index contributed by atoms with van der Waals surface area (Å²) in [5, 5.41) is 22.0. The highest BCUT2D eigenvalue weighted by atomic mass is 17.2. The molecule has 0 radical (unpaired) electrons. The van der Waals surface area contributed by atoms with Crippen molar-refractivity contribution in [3.8, 4) is 0 Å². The summed E-state index contributed by atoms with van der Waals surface area (Å²) in [5.74, 6) is -1.01. The van der Waals surface area contributed by atoms with Crippen molar-refractivity contribution in [2.75, 3.05) is 13.2 Å². The first kappa shape index (κ1) is 21.7. The Balaban J connectivity index is 1.69. The number of rotatable bonds is 2. The number of aliphatic hydroxyl groups excluding tert-OH is 2. The molecule has 4 aliphatic rings. The number of carbonyl (C=O) groups is 2. The fourth-order valence-corrected chi connectivity index (χ4v) is 6.84. The van der Waals surface area contributed by atoms with Gasteiger partial charge in [-0.25, -0.2) is 9.78 Å². The molecule has 8 nitrogen and oxygen atoms in total. The van der Waals surface area contributed by atoms with Gasteiger partial charge in [0.2, 0.25) is 0 Å². The van der Waals surface area contributed by atoms with Crippen LogP contribution < -0.4 is 0 Å². The summed E-state index contributed by atoms with van der Waals surface area (Å²) in [4.78, 5) is 35.1. The summed E-state index contributed by atoms with van der Waals surface area (Å²) < 4.78 is 10.5. The van der Waals surface area contributed by atoms with E-state index in [0.29, 0.717) is 32.1 Å². The second kappa shape index (κ2) is 7.02. The lowest BCUT2D eigenvalue weighted by Crippen LogP contribution is -2.69. The van der Waals surface area contributed by atoms with Crippen LogP contribution in [-0.4, -0.2) is 58.8 Å². The van der Waals surface area contributed by atoms with Crippen LogP contribution in [-0.2, 0) is 28.8 Å². The molecule has 0 aromatic heterocycles. The Kier molecular flexibility index (Phi) is 5.09. The summed E-state index contributed by atoms with van der Waals surface area (Å²) in [7, 11) is 0. The summed E-state index contributed by atoms with van der Waals surface area (Å²) in [6.07, 6.45) is 1.01. The predicted molar refractivity (Wildman–Crippen MR) is 104 cm³/mol. The minimum absolute atomic E-state index is 0.104. The number of carbonyl (C=O) groups excluding carboxylic acids is 2. The van der Waals surface area contributed by atoms with Gasteiger partial charge in [0.1, 0.15) is 17.8 Å². The fourth-order valence-electron chi connectivity index (χ4n) is 6.84. The van der Waals surface area contributed by atoms with Crippen molar-refractivity contribution in [1.82, 2.24) is 0 Å². The van der Waals surface area contributed by atoms with Gasteiger partial charge in [0.05, 0.1) is 25.2 Å². The third-order valence-corrected chi connectivity index (χ3v) is 7.99. The molecule has 168 valence electrons. The number of esters is 2. The second-order valence-electron chi connectivity index (χ2n) is 10.3. The number of aliphatic hydroxyl groups is 2. The van der Waals surface area contributed by atoms with Crippen LogP contribution in [0.25, 0.3) is 0 Å². The molecule has 2 aliphatic carbocycles. The zero-order valence-electron chi connectivity index (χ0n) is 17.9. The van der Waals surface area contributed by atoms with Gasteiger partial charge in [0, 0.05) is 23.7 Å². The van der Waals surface area contributed by atoms with Crippen LogP contribution in [0, 0.1) is 16.7 Å². The van der Waals surface area contributed by atoms with Crippen molar-refractivity contribution in [1.29, 1.82) is 0 Å². The molecular weight excluding hydrogens is 392 g/mol. The molecule has 7 atom stereocenters. The molecule has 2 aliphatic heterocycles. The van der Waals surface area contributed by atoms with Crippen LogP contribution in [0.2, 0.25) is 0 Å². The van der Waals surface area contributed by atoms with Crippen molar-refractivity contribution in [2.24, 2.45) is 16.7 Å². The average Bonchev–Trinajstić information content (AvgIpc) is 2.99. The average molecular weight is 424 g/mol. The molecule has 7 unspecified atom stereocenters. The molecule has 4 rings (SSSR count). The minimum atomic E-state index is -0.924. The first-order valence-electron chi connectivity index (χ1n) is 10.7. The maximum Gasteiger partial charge on any atom is 0.309 e. The predicted octanol–water partition coefficient (Wildman–Crippen LogP) is 1.82. The van der Waals surface area contributed by atoms with E-state index >= 15 is 0 Å². The molecule has 2 heterocycles. The van der Waals surface area contributed by atoms with E-state index in [9.17, 15) is 19.8 Å². The van der Waals surface area contributed by atoms with Crippen LogP contribution >= 0.6 is 0 Å². The Morgan fingerprint density at radius 2 is 1.97 bits per heavy atom. The lowest BCUT2D eigenvalue weighted by Gasteiger charge is -2.65. The van der Waals surface area contributed by atoms with Crippen LogP contribution in [0.3, 0.4) is 0 Å². The van der Waals surface area contributed by atoms with E-state index in [1.165, 1.54) is 6.92 Å². The van der Waals surface area contributed by atoms with Crippen molar-refractivity contribution in [3.05, 3.63) is 12.2 Å². The molecule has 0 aromatic carbocycles. The van der Waals surface area contributed by atoms with Gasteiger partial charge in [-0.1, -0.05) is 20.4 Å². The number of fused-ring (bicyclic) bond motifs is 2. The number of hydrogen-bond acceptors (Lipinski definition) is 8. The largest absolute Gasteiger partial charge is 0.465 e. The SMILES string of the molecule is C=C1CC(O)C2C(C)(COC(C)=O)CC(O)CC2(C)C12CCC1(COC(=O)C1)OO2. The summed E-state index contributed by atoms with van der Waals surface area (Å²) in [5.41, 5.74) is -2.35. The van der Waals surface area contributed by atoms with E-state index in [4.69, 9.17) is 19.2 Å². The van der Waals surface area contributed by atoms with Gasteiger partial charge in [-0.05, 0) is 37.7 Å². The van der Waals surface area contributed by atoms with Gasteiger partial charge in [-0.15, -0.1) is 0 Å². The lowest BCUT2D eigenvalue weighted by molar-refractivity contribution is -0.461. The third-order valence-electron chi connectivity index (χ3n) is 7.99. The Labute approximate surface area is 176 Å². The second-order valence-corrected chi connectivity index (χ2v) is 10.3. The number of cyclic esters (lactones) is 1. The number of hydrogen-bond donors (Lipinski definition) is 2. The van der Waals surface area contributed by atoms with E-state index < -0.39 is 40.2 Å². The Morgan fingerprint density at radius 1 is 1.23 bits per heavy atom. The van der Waals surface area contributed by atoms with Gasteiger partial charge < -0.3 is 19.7 Å². The maximum absolute atomic E-state index is 11.7. The maximum atomic E-state index is 11.7. The molecule has 8 heteroatoms. The van der Waals surface area contributed by atoms with Crippen molar-refractivity contribution in [2.45, 2.75) is 82.7 Å². The zero-order valence-corrected chi connectivity index (χ0v) is 17.9. The van der Waals surface area contributed by atoms with E-state index in [0.717, 1.165) is 5.57 Å². The Hall–Kier alpha value is -1.48. The highest BCUT2D eigenvalue weighted by molar-refractivity contribution is 5.73. The van der Waals surface area contributed by atoms with Crippen molar-refractivity contribution in [3.63, 3.8) is 0 Å². The van der Waals surface area contributed by atoms with E-state index in [-0.39, 0.29) is 31.5 Å². The molecule has 4 fully saturated rings. The van der Waals surface area contributed by atoms with Crippen molar-refractivity contribution < 1.29 is 39.1 Å². The highest BCUT2D eigenvalue weighted by Crippen LogP contribution is 2.66. The monoisotopic (exact) mass is 424 g/mol. The molecule has 0 amide bonds. The van der Waals surface area contributed by atoms with Crippen molar-refractivity contribution >= 4 is 11.9 Å². The first-order chi connectivity index (χ1) is 14.0. The Morgan fingerprint density at radius 3 is 2.53 bits per heavy atom. The summed E-state index contributed by atoms with van der Waals surface area (Å²) >= 11 is 0. The van der Waals surface area contributed by atoms with E-state index in [1.807, 2.05) is 13.8 Å². The zero-order chi connectivity index (χ0) is 21.9. The summed E-state index contributed by atoms with van der Waals surface area (Å²) in [6.45, 7) is 9.78. The van der Waals surface area contributed by atoms with Crippen LogP contribution in [0.15, 0.2) is 12.2 Å². The van der Waals surface area contributed by atoms with Gasteiger partial charge in [0.25, 0.3) is 0 Å². The van der Waals surface area contributed by atoms with Crippen LogP contribution in [0.1, 0.15) is 59.3 Å². The normalized spacial score (nSPS) is 48.5. The standard InChI is InChI=1S/C22H32O8/c1-13-7-16(25)18-19(3,11-27-14(2)23)8-15(24)9-20(18,4)22(13)6-5-21(29-30-22)10-17(26)28-12-21/h15-16,18,24-25H,1,5-12H2,2-4H3. The van der Waals surface area contributed by atoms with Gasteiger partial charge in [-0.2, -0.15) is 0 Å². The summed E-state index contributed by atoms with van der Waals surface area (Å²) in [6, 6.07) is 0. The Bertz CT molecular complexity index is 754. The molecule has 2 saturated heterocycles. The van der Waals surface area contributed by atoms with Gasteiger partial charge in [-0.3, -0.25) is 9.59 Å². The quantitative estimate of drug-likeness (QED) is 0.392. The van der Waals surface area contributed by atoms with Crippen LogP contribution in [0.4, 0.5) is 0 Å². The van der Waals surface area contributed by atoms with E-state index in [1.54, 1.807) is 0 Å². The fraction of sp³-hybridized carbons (Fsp3) is 0.818. The highest BCUT2D eigenvalue weighted by Gasteiger charge is 2.69. The molecule has 0 aromatic rings. The first-order valence-corrected chi connectivity index (χ1v) is 10.7. The molecule has 2 saturated carbocycles. The van der Waals surface area contributed by atoms with Gasteiger partial charge in [0.15, 0.2) is 0 Å². The third kappa shape index (κ3) is 3.11. The lowest BCUT2D eigenvalue weighted by atomic mass is 9.43. The smallest absolute Gasteiger partial charge is 0.309 e. The van der Waals surface area contributed by atoms with Gasteiger partial charge >= 0.3 is 11.9 Å². The topological polar surface area (TPSA) is 112 Å². The molecule has 2 spiro atoms. The minimum Gasteiger partial charge on any atom is -0.465 e. The molecule has 2 N–H and O–H groups in total. The number of ether oxygens (including phenoxy) is 2. The van der Waals surface area contributed by atoms with Crippen LogP contribution in [0.5, 0.6) is 0 Å². The molecule has 30 heavy (non-hydrogen) atoms. The molecular formula is C22H32O8. The van der Waals surface area contributed by atoms with E-state index in [2.05, 4.69) is 6.58 Å².